The Hall–Kier alpha value is -1.95. The fraction of sp³-hybridized carbons (Fsp3) is 0.300. The van der Waals surface area contributed by atoms with Gasteiger partial charge >= 0.3 is 0 Å². The summed E-state index contributed by atoms with van der Waals surface area (Å²) in [6.07, 6.45) is 1.07. The molecule has 3 rings (SSSR count). The van der Waals surface area contributed by atoms with Crippen molar-refractivity contribution in [1.29, 1.82) is 0 Å². The zero-order chi connectivity index (χ0) is 18.4. The molecule has 0 unspecified atom stereocenters. The van der Waals surface area contributed by atoms with E-state index in [1.807, 2.05) is 60.0 Å². The maximum atomic E-state index is 12.4. The molecule has 2 aromatic carbocycles. The lowest BCUT2D eigenvalue weighted by atomic mass is 10.1. The van der Waals surface area contributed by atoms with Crippen LogP contribution < -0.4 is 4.80 Å². The average Bonchev–Trinajstić information content (AvgIpc) is 3.00. The van der Waals surface area contributed by atoms with Gasteiger partial charge in [0, 0.05) is 19.6 Å². The highest BCUT2D eigenvalue weighted by atomic mass is 35.5. The van der Waals surface area contributed by atoms with Crippen LogP contribution in [0.5, 0.6) is 0 Å². The summed E-state index contributed by atoms with van der Waals surface area (Å²) in [7, 11) is 0. The molecule has 0 atom stereocenters. The van der Waals surface area contributed by atoms with Crippen LogP contribution in [-0.4, -0.2) is 23.7 Å². The first-order valence-electron chi connectivity index (χ1n) is 8.66. The normalized spacial score (nSPS) is 12.0. The SMILES string of the molecule is CCOCCn1c(=NC(=O)CCc2ccccc2)sc2cccc(Cl)c21. The first-order chi connectivity index (χ1) is 12.7. The number of benzene rings is 2. The molecule has 0 fully saturated rings. The van der Waals surface area contributed by atoms with Gasteiger partial charge in [0.2, 0.25) is 5.91 Å². The second-order valence-electron chi connectivity index (χ2n) is 5.81. The minimum absolute atomic E-state index is 0.123. The molecule has 26 heavy (non-hydrogen) atoms. The molecular weight excluding hydrogens is 368 g/mol. The number of amides is 1. The molecule has 0 radical (unpaired) electrons. The first-order valence-corrected chi connectivity index (χ1v) is 9.85. The number of ether oxygens (including phenoxy) is 1. The molecule has 1 amide bonds. The maximum absolute atomic E-state index is 12.4. The van der Waals surface area contributed by atoms with Crippen molar-refractivity contribution in [3.63, 3.8) is 0 Å². The summed E-state index contributed by atoms with van der Waals surface area (Å²) in [4.78, 5) is 17.4. The third kappa shape index (κ3) is 4.61. The number of rotatable bonds is 7. The van der Waals surface area contributed by atoms with Crippen molar-refractivity contribution in [2.24, 2.45) is 4.99 Å². The monoisotopic (exact) mass is 388 g/mol. The molecule has 0 aliphatic rings. The number of aromatic nitrogens is 1. The van der Waals surface area contributed by atoms with Crippen LogP contribution in [0.4, 0.5) is 0 Å². The lowest BCUT2D eigenvalue weighted by Gasteiger charge is -2.06. The largest absolute Gasteiger partial charge is 0.380 e. The van der Waals surface area contributed by atoms with Gasteiger partial charge in [-0.25, -0.2) is 0 Å². The summed E-state index contributed by atoms with van der Waals surface area (Å²) < 4.78 is 8.48. The van der Waals surface area contributed by atoms with Crippen molar-refractivity contribution >= 4 is 39.1 Å². The number of para-hydroxylation sites is 1. The molecule has 136 valence electrons. The van der Waals surface area contributed by atoms with Crippen LogP contribution in [0.2, 0.25) is 5.02 Å². The molecular formula is C20H21ClN2O2S. The molecule has 1 aromatic heterocycles. The Morgan fingerprint density at radius 3 is 2.77 bits per heavy atom. The predicted octanol–water partition coefficient (Wildman–Crippen LogP) is 4.45. The zero-order valence-corrected chi connectivity index (χ0v) is 16.2. The van der Waals surface area contributed by atoms with Crippen LogP contribution in [0, 0.1) is 0 Å². The first kappa shape index (κ1) is 18.8. The van der Waals surface area contributed by atoms with Crippen molar-refractivity contribution in [3.8, 4) is 0 Å². The Bertz CT molecular complexity index is 947. The number of hydrogen-bond donors (Lipinski definition) is 0. The Morgan fingerprint density at radius 1 is 1.19 bits per heavy atom. The van der Waals surface area contributed by atoms with Gasteiger partial charge in [0.15, 0.2) is 4.80 Å². The number of halogens is 1. The van der Waals surface area contributed by atoms with E-state index in [2.05, 4.69) is 4.99 Å². The van der Waals surface area contributed by atoms with Crippen molar-refractivity contribution in [3.05, 3.63) is 63.9 Å². The lowest BCUT2D eigenvalue weighted by molar-refractivity contribution is -0.118. The van der Waals surface area contributed by atoms with Gasteiger partial charge in [0.05, 0.1) is 21.8 Å². The fourth-order valence-corrected chi connectivity index (χ4v) is 4.17. The molecule has 4 nitrogen and oxygen atoms in total. The number of hydrogen-bond acceptors (Lipinski definition) is 3. The highest BCUT2D eigenvalue weighted by Crippen LogP contribution is 2.25. The quantitative estimate of drug-likeness (QED) is 0.561. The standard InChI is InChI=1S/C20H21ClN2O2S/c1-2-25-14-13-23-19-16(21)9-6-10-17(19)26-20(23)22-18(24)12-11-15-7-4-3-5-8-15/h3-10H,2,11-14H2,1H3. The van der Waals surface area contributed by atoms with Gasteiger partial charge in [-0.2, -0.15) is 4.99 Å². The number of fused-ring (bicyclic) bond motifs is 1. The molecule has 0 aliphatic heterocycles. The van der Waals surface area contributed by atoms with E-state index in [1.165, 1.54) is 11.3 Å². The number of carbonyl (C=O) groups is 1. The highest BCUT2D eigenvalue weighted by Gasteiger charge is 2.11. The van der Waals surface area contributed by atoms with Gasteiger partial charge in [0.1, 0.15) is 0 Å². The van der Waals surface area contributed by atoms with Crippen LogP contribution in [0.1, 0.15) is 18.9 Å². The molecule has 6 heteroatoms. The molecule has 0 aliphatic carbocycles. The topological polar surface area (TPSA) is 43.6 Å². The number of nitrogens with zero attached hydrogens (tertiary/aromatic N) is 2. The second-order valence-corrected chi connectivity index (χ2v) is 7.23. The van der Waals surface area contributed by atoms with Crippen LogP contribution in [0.3, 0.4) is 0 Å². The fourth-order valence-electron chi connectivity index (χ4n) is 2.74. The van der Waals surface area contributed by atoms with E-state index in [4.69, 9.17) is 16.3 Å². The van der Waals surface area contributed by atoms with Crippen molar-refractivity contribution in [1.82, 2.24) is 4.57 Å². The van der Waals surface area contributed by atoms with E-state index in [1.54, 1.807) is 0 Å². The average molecular weight is 389 g/mol. The van der Waals surface area contributed by atoms with Crippen molar-refractivity contribution < 1.29 is 9.53 Å². The minimum Gasteiger partial charge on any atom is -0.380 e. The summed E-state index contributed by atoms with van der Waals surface area (Å²) in [5.41, 5.74) is 2.05. The number of carbonyl (C=O) groups excluding carboxylic acids is 1. The zero-order valence-electron chi connectivity index (χ0n) is 14.7. The number of aryl methyl sites for hydroxylation is 1. The molecule has 0 spiro atoms. The van der Waals surface area contributed by atoms with Gasteiger partial charge < -0.3 is 9.30 Å². The van der Waals surface area contributed by atoms with Crippen LogP contribution in [0.25, 0.3) is 10.2 Å². The number of thiazole rings is 1. The van der Waals surface area contributed by atoms with Crippen LogP contribution >= 0.6 is 22.9 Å². The maximum Gasteiger partial charge on any atom is 0.248 e. The molecule has 0 saturated carbocycles. The van der Waals surface area contributed by atoms with E-state index in [0.717, 1.165) is 15.8 Å². The molecule has 3 aromatic rings. The summed E-state index contributed by atoms with van der Waals surface area (Å²) in [5.74, 6) is -0.123. The van der Waals surface area contributed by atoms with E-state index >= 15 is 0 Å². The van der Waals surface area contributed by atoms with E-state index in [9.17, 15) is 4.79 Å². The Kier molecular flexibility index (Phi) is 6.61. The Balaban J connectivity index is 1.87. The molecule has 0 bridgehead atoms. The van der Waals surface area contributed by atoms with E-state index < -0.39 is 0 Å². The third-order valence-electron chi connectivity index (χ3n) is 4.01. The van der Waals surface area contributed by atoms with Gasteiger partial charge in [-0.3, -0.25) is 4.79 Å². The van der Waals surface area contributed by atoms with Gasteiger partial charge in [0.25, 0.3) is 0 Å². The second kappa shape index (κ2) is 9.12. The van der Waals surface area contributed by atoms with Crippen molar-refractivity contribution in [2.75, 3.05) is 13.2 Å². The minimum atomic E-state index is -0.123. The predicted molar refractivity (Wildman–Crippen MR) is 107 cm³/mol. The molecule has 1 heterocycles. The van der Waals surface area contributed by atoms with Crippen molar-refractivity contribution in [2.45, 2.75) is 26.3 Å². The van der Waals surface area contributed by atoms with Gasteiger partial charge in [-0.1, -0.05) is 59.3 Å². The van der Waals surface area contributed by atoms with Crippen LogP contribution in [0.15, 0.2) is 53.5 Å². The van der Waals surface area contributed by atoms with Gasteiger partial charge in [-0.05, 0) is 31.0 Å². The van der Waals surface area contributed by atoms with Gasteiger partial charge in [-0.15, -0.1) is 0 Å². The molecule has 0 N–H and O–H groups in total. The lowest BCUT2D eigenvalue weighted by Crippen LogP contribution is -2.20. The highest BCUT2D eigenvalue weighted by molar-refractivity contribution is 7.16. The summed E-state index contributed by atoms with van der Waals surface area (Å²) in [6, 6.07) is 15.7. The summed E-state index contributed by atoms with van der Waals surface area (Å²) in [6.45, 7) is 3.78. The Labute approximate surface area is 161 Å². The third-order valence-corrected chi connectivity index (χ3v) is 5.35. The smallest absolute Gasteiger partial charge is 0.248 e. The van der Waals surface area contributed by atoms with Crippen LogP contribution in [-0.2, 0) is 22.5 Å². The summed E-state index contributed by atoms with van der Waals surface area (Å²) >= 11 is 7.87. The van der Waals surface area contributed by atoms with E-state index in [-0.39, 0.29) is 5.91 Å². The van der Waals surface area contributed by atoms with E-state index in [0.29, 0.717) is 42.4 Å². The summed E-state index contributed by atoms with van der Waals surface area (Å²) in [5, 5.41) is 0.661. The Morgan fingerprint density at radius 2 is 2.00 bits per heavy atom. The molecule has 0 saturated heterocycles.